The molecule has 12 nitrogen and oxygen atoms in total. The molecule has 2 saturated heterocycles. The van der Waals surface area contributed by atoms with Gasteiger partial charge in [0.1, 0.15) is 12.1 Å². The molecular weight excluding hydrogens is 584 g/mol. The Bertz CT molecular complexity index is 1030. The first-order valence-corrected chi connectivity index (χ1v) is 17.1. The second-order valence-corrected chi connectivity index (χ2v) is 14.6. The summed E-state index contributed by atoms with van der Waals surface area (Å²) in [6, 6.07) is -3.58. The number of nitrogens with one attached hydrogen (secondary N) is 5. The Morgan fingerprint density at radius 2 is 1.66 bits per heavy atom. The number of hydrogen-bond donors (Lipinski definition) is 5. The van der Waals surface area contributed by atoms with Crippen molar-refractivity contribution in [1.82, 2.24) is 31.5 Å². The zero-order valence-corrected chi connectivity index (χ0v) is 28.7. The molecule has 2 fully saturated rings. The quantitative estimate of drug-likeness (QED) is 0.151. The number of amides is 5. The molecule has 0 bridgehead atoms. The smallest absolute Gasteiger partial charge is 0.315 e. The van der Waals surface area contributed by atoms with E-state index in [9.17, 15) is 28.2 Å². The first-order chi connectivity index (χ1) is 20.6. The molecule has 252 valence electrons. The fourth-order valence-corrected chi connectivity index (χ4v) is 7.31. The average Bonchev–Trinajstić information content (AvgIpc) is 3.61. The molecule has 44 heavy (non-hydrogen) atoms. The molecule has 0 aromatic rings. The predicted octanol–water partition coefficient (Wildman–Crippen LogP) is 1.62. The third-order valence-electron chi connectivity index (χ3n) is 7.66. The minimum absolute atomic E-state index is 0.0564. The van der Waals surface area contributed by atoms with Crippen molar-refractivity contribution < 1.29 is 28.2 Å². The van der Waals surface area contributed by atoms with Crippen LogP contribution in [0, 0.1) is 11.3 Å². The van der Waals surface area contributed by atoms with E-state index < -0.39 is 63.9 Å². The van der Waals surface area contributed by atoms with Crippen molar-refractivity contribution in [3.63, 3.8) is 0 Å². The van der Waals surface area contributed by atoms with E-state index in [4.69, 9.17) is 0 Å². The van der Waals surface area contributed by atoms with E-state index in [-0.39, 0.29) is 30.2 Å². The summed E-state index contributed by atoms with van der Waals surface area (Å²) >= 11 is 0. The predicted molar refractivity (Wildman–Crippen MR) is 174 cm³/mol. The number of nitrogens with zero attached hydrogens (tertiary/aromatic N) is 1. The van der Waals surface area contributed by atoms with Crippen molar-refractivity contribution in [3.05, 3.63) is 12.7 Å². The van der Waals surface area contributed by atoms with Gasteiger partial charge in [-0.3, -0.25) is 23.4 Å². The maximum atomic E-state index is 13.9. The van der Waals surface area contributed by atoms with Gasteiger partial charge in [-0.25, -0.2) is 4.79 Å². The molecule has 0 radical (unpaired) electrons. The van der Waals surface area contributed by atoms with Crippen molar-refractivity contribution in [1.29, 1.82) is 0 Å². The molecule has 2 aliphatic rings. The van der Waals surface area contributed by atoms with Gasteiger partial charge < -0.3 is 31.5 Å². The fraction of sp³-hybridized carbons (Fsp3) is 0.774. The van der Waals surface area contributed by atoms with Crippen LogP contribution in [0.2, 0.25) is 0 Å². The lowest BCUT2D eigenvalue weighted by atomic mass is 9.85. The first kappa shape index (κ1) is 39.2. The molecule has 0 saturated carbocycles. The highest BCUT2D eigenvalue weighted by Crippen LogP contribution is 2.27. The highest BCUT2D eigenvalue weighted by molar-refractivity contribution is 7.86. The third-order valence-corrected chi connectivity index (χ3v) is 9.55. The Labute approximate surface area is 266 Å². The Hall–Kier alpha value is -2.80. The van der Waals surface area contributed by atoms with Gasteiger partial charge in [-0.2, -0.15) is 0 Å². The summed E-state index contributed by atoms with van der Waals surface area (Å²) in [5.41, 5.74) is -0.675. The van der Waals surface area contributed by atoms with Gasteiger partial charge in [-0.05, 0) is 57.5 Å². The van der Waals surface area contributed by atoms with Gasteiger partial charge in [-0.1, -0.05) is 54.0 Å². The largest absolute Gasteiger partial charge is 0.346 e. The Kier molecular flexibility index (Phi) is 16.8. The van der Waals surface area contributed by atoms with Crippen LogP contribution in [-0.4, -0.2) is 101 Å². The lowest BCUT2D eigenvalue weighted by Crippen LogP contribution is -2.61. The van der Waals surface area contributed by atoms with Crippen LogP contribution in [0.4, 0.5) is 4.79 Å². The molecule has 6 unspecified atom stereocenters. The van der Waals surface area contributed by atoms with Gasteiger partial charge in [0.05, 0.1) is 11.3 Å². The Morgan fingerprint density at radius 1 is 1.02 bits per heavy atom. The minimum Gasteiger partial charge on any atom is -0.346 e. The first-order valence-electron chi connectivity index (χ1n) is 15.7. The Morgan fingerprint density at radius 3 is 2.16 bits per heavy atom. The van der Waals surface area contributed by atoms with Crippen LogP contribution in [0.15, 0.2) is 12.7 Å². The van der Waals surface area contributed by atoms with E-state index in [1.165, 1.54) is 11.0 Å². The van der Waals surface area contributed by atoms with Crippen LogP contribution in [0.3, 0.4) is 0 Å². The van der Waals surface area contributed by atoms with Gasteiger partial charge in [0.25, 0.3) is 5.91 Å². The van der Waals surface area contributed by atoms with E-state index in [0.29, 0.717) is 31.6 Å². The fourth-order valence-electron chi connectivity index (χ4n) is 5.42. The van der Waals surface area contributed by atoms with E-state index in [2.05, 4.69) is 33.2 Å². The number of likely N-dealkylation sites (tertiary alicyclic amines) is 1. The molecule has 0 aromatic carbocycles. The summed E-state index contributed by atoms with van der Waals surface area (Å²) < 4.78 is 12.5. The van der Waals surface area contributed by atoms with E-state index in [1.807, 2.05) is 55.6 Å². The van der Waals surface area contributed by atoms with Crippen molar-refractivity contribution in [2.24, 2.45) is 11.3 Å². The maximum Gasteiger partial charge on any atom is 0.315 e. The van der Waals surface area contributed by atoms with Crippen LogP contribution < -0.4 is 26.6 Å². The number of ketones is 1. The average molecular weight is 641 g/mol. The van der Waals surface area contributed by atoms with Crippen LogP contribution in [0.1, 0.15) is 80.1 Å². The van der Waals surface area contributed by atoms with E-state index in [0.717, 1.165) is 12.8 Å². The minimum atomic E-state index is -1.01. The van der Waals surface area contributed by atoms with Crippen molar-refractivity contribution >= 4 is 40.3 Å². The summed E-state index contributed by atoms with van der Waals surface area (Å²) in [7, 11) is 2.74. The highest BCUT2D eigenvalue weighted by Gasteiger charge is 2.43. The molecule has 0 aliphatic carbocycles. The van der Waals surface area contributed by atoms with Crippen molar-refractivity contribution in [2.75, 3.05) is 32.9 Å². The van der Waals surface area contributed by atoms with Gasteiger partial charge in [0.2, 0.25) is 17.6 Å². The van der Waals surface area contributed by atoms with Gasteiger partial charge in [-0.15, -0.1) is 6.58 Å². The highest BCUT2D eigenvalue weighted by atomic mass is 32.2. The number of rotatable bonds is 13. The van der Waals surface area contributed by atoms with Gasteiger partial charge in [0.15, 0.2) is 0 Å². The maximum absolute atomic E-state index is 13.9. The SMILES string of the molecule is C=CCNC(=O)C(=O)C(CCC)NC(=O)C1CCCN1C(=O)C(NC(=O)NC(C(C)C)C1CCCS1=O)C(C)(C)C.CNC. The number of Topliss-reactive ketones (excluding diaryl/α,β-unsaturated/α-hetero) is 1. The number of carbonyl (C=O) groups is 5. The number of urea groups is 1. The monoisotopic (exact) mass is 640 g/mol. The van der Waals surface area contributed by atoms with Crippen LogP contribution in [0.5, 0.6) is 0 Å². The normalized spacial score (nSPS) is 21.8. The Balaban J connectivity index is 0.00000309. The molecule has 5 N–H and O–H groups in total. The second kappa shape index (κ2) is 18.9. The summed E-state index contributed by atoms with van der Waals surface area (Å²) in [6.45, 7) is 15.3. The number of carbonyl (C=O) groups excluding carboxylic acids is 5. The lowest BCUT2D eigenvalue weighted by molar-refractivity contribution is -0.143. The topological polar surface area (TPSA) is 166 Å². The van der Waals surface area contributed by atoms with E-state index >= 15 is 0 Å². The van der Waals surface area contributed by atoms with Gasteiger partial charge in [0, 0.05) is 35.7 Å². The third kappa shape index (κ3) is 11.6. The summed E-state index contributed by atoms with van der Waals surface area (Å²) in [4.78, 5) is 66.8. The van der Waals surface area contributed by atoms with Crippen LogP contribution in [0.25, 0.3) is 0 Å². The second-order valence-electron chi connectivity index (χ2n) is 12.9. The lowest BCUT2D eigenvalue weighted by Gasteiger charge is -2.36. The molecule has 6 atom stereocenters. The van der Waals surface area contributed by atoms with E-state index in [1.54, 1.807) is 0 Å². The molecule has 2 heterocycles. The molecule has 2 rings (SSSR count). The summed E-state index contributed by atoms with van der Waals surface area (Å²) in [6.07, 6.45) is 4.92. The standard InChI is InChI=1S/C29H49N5O6S.C2H7N/c1-8-12-19(23(35)26(37)30-15-9-2)31-25(36)20-13-10-16-34(20)27(38)24(29(5,6)7)33-28(39)32-22(18(3)4)21-14-11-17-41(21)40;1-3-2/h9,18-22,24H,2,8,10-17H2,1,3-7H3,(H,30,37)(H,31,36)(H2,32,33,39);3H,1-2H3. The molecule has 13 heteroatoms. The number of hydrogen-bond acceptors (Lipinski definition) is 7. The molecule has 2 aliphatic heterocycles. The van der Waals surface area contributed by atoms with Crippen molar-refractivity contribution in [3.8, 4) is 0 Å². The summed E-state index contributed by atoms with van der Waals surface area (Å²) in [5, 5.41) is 13.6. The molecule has 5 amide bonds. The zero-order chi connectivity index (χ0) is 33.6. The zero-order valence-electron chi connectivity index (χ0n) is 27.9. The van der Waals surface area contributed by atoms with Crippen molar-refractivity contribution in [2.45, 2.75) is 109 Å². The van der Waals surface area contributed by atoms with Crippen LogP contribution >= 0.6 is 0 Å². The van der Waals surface area contributed by atoms with Gasteiger partial charge >= 0.3 is 6.03 Å². The molecule has 0 aromatic heterocycles. The van der Waals surface area contributed by atoms with Crippen LogP contribution in [-0.2, 0) is 30.0 Å². The molecular formula is C31H56N6O6S. The summed E-state index contributed by atoms with van der Waals surface area (Å²) in [5.74, 6) is -1.75. The molecule has 0 spiro atoms.